The highest BCUT2D eigenvalue weighted by Gasteiger charge is 2.35. The molecule has 4 amide bonds. The first kappa shape index (κ1) is 27.5. The maximum Gasteiger partial charge on any atom is 0.329 e. The number of imide groups is 1. The number of halogens is 1. The van der Waals surface area contributed by atoms with E-state index in [0.29, 0.717) is 41.7 Å². The third kappa shape index (κ3) is 6.69. The van der Waals surface area contributed by atoms with E-state index in [9.17, 15) is 14.4 Å². The Bertz CT molecular complexity index is 1440. The second kappa shape index (κ2) is 12.4. The maximum absolute atomic E-state index is 13.0. The van der Waals surface area contributed by atoms with Crippen molar-refractivity contribution in [2.75, 3.05) is 25.6 Å². The number of hydrogen-bond donors (Lipinski definition) is 2. The first-order chi connectivity index (χ1) is 18.8. The van der Waals surface area contributed by atoms with Crippen LogP contribution in [0, 0.1) is 6.92 Å². The normalized spacial score (nSPS) is 13.8. The molecule has 1 aliphatic rings. The van der Waals surface area contributed by atoms with Gasteiger partial charge in [0.1, 0.15) is 24.6 Å². The van der Waals surface area contributed by atoms with Crippen LogP contribution in [0.15, 0.2) is 66.4 Å². The van der Waals surface area contributed by atoms with Crippen molar-refractivity contribution in [3.8, 4) is 17.2 Å². The predicted octanol–water partition coefficient (Wildman–Crippen LogP) is 5.17. The van der Waals surface area contributed by atoms with Gasteiger partial charge >= 0.3 is 6.03 Å². The summed E-state index contributed by atoms with van der Waals surface area (Å²) in [7, 11) is 1.48. The molecule has 39 heavy (non-hydrogen) atoms. The minimum absolute atomic E-state index is 0.00274. The van der Waals surface area contributed by atoms with Gasteiger partial charge in [-0.05, 0) is 55.3 Å². The summed E-state index contributed by atoms with van der Waals surface area (Å²) in [4.78, 5) is 38.9. The van der Waals surface area contributed by atoms with Gasteiger partial charge in [0, 0.05) is 0 Å². The van der Waals surface area contributed by atoms with Crippen LogP contribution in [0.3, 0.4) is 0 Å². The first-order valence-electron chi connectivity index (χ1n) is 12.2. The zero-order valence-corrected chi connectivity index (χ0v) is 22.5. The Morgan fingerprint density at radius 3 is 2.59 bits per heavy atom. The van der Waals surface area contributed by atoms with E-state index in [2.05, 4.69) is 10.6 Å². The fourth-order valence-corrected chi connectivity index (χ4v) is 4.27. The Balaban J connectivity index is 1.49. The van der Waals surface area contributed by atoms with E-state index in [1.54, 1.807) is 36.4 Å². The van der Waals surface area contributed by atoms with Gasteiger partial charge in [0.2, 0.25) is 5.91 Å². The predicted molar refractivity (Wildman–Crippen MR) is 148 cm³/mol. The molecule has 0 radical (unpaired) electrons. The number of nitrogens with zero attached hydrogens (tertiary/aromatic N) is 1. The molecular formula is C29H28ClN3O6. The van der Waals surface area contributed by atoms with Crippen molar-refractivity contribution >= 4 is 41.2 Å². The summed E-state index contributed by atoms with van der Waals surface area (Å²) in [5.74, 6) is 0.0231. The first-order valence-corrected chi connectivity index (χ1v) is 12.6. The standard InChI is InChI=1S/C29H28ClN3O6/c1-4-38-25-15-20(13-21(30)27(25)39-17-19-9-7-8-18(2)12-19)14-23-28(35)33(29(36)32-23)16-26(34)31-22-10-5-6-11-24(22)37-3/h5-15H,4,16-17H2,1-3H3,(H,31,34)(H,32,36)/b23-14+. The zero-order chi connectivity index (χ0) is 27.9. The number of ether oxygens (including phenoxy) is 3. The van der Waals surface area contributed by atoms with Gasteiger partial charge in [-0.2, -0.15) is 0 Å². The molecule has 0 aliphatic carbocycles. The van der Waals surface area contributed by atoms with E-state index < -0.39 is 24.4 Å². The van der Waals surface area contributed by atoms with E-state index >= 15 is 0 Å². The smallest absolute Gasteiger partial charge is 0.329 e. The number of benzene rings is 3. The number of para-hydroxylation sites is 2. The molecule has 0 spiro atoms. The van der Waals surface area contributed by atoms with Gasteiger partial charge < -0.3 is 24.8 Å². The molecule has 9 nitrogen and oxygen atoms in total. The Kier molecular flexibility index (Phi) is 8.73. The average molecular weight is 550 g/mol. The number of hydrogen-bond acceptors (Lipinski definition) is 6. The van der Waals surface area contributed by atoms with Crippen LogP contribution in [0.2, 0.25) is 5.02 Å². The molecule has 1 fully saturated rings. The van der Waals surface area contributed by atoms with Crippen molar-refractivity contribution in [2.45, 2.75) is 20.5 Å². The number of carbonyl (C=O) groups excluding carboxylic acids is 3. The second-order valence-corrected chi connectivity index (χ2v) is 9.08. The fourth-order valence-electron chi connectivity index (χ4n) is 3.99. The number of anilines is 1. The van der Waals surface area contributed by atoms with E-state index in [0.717, 1.165) is 16.0 Å². The van der Waals surface area contributed by atoms with E-state index in [1.807, 2.05) is 38.1 Å². The van der Waals surface area contributed by atoms with Gasteiger partial charge in [-0.1, -0.05) is 53.6 Å². The molecule has 2 N–H and O–H groups in total. The van der Waals surface area contributed by atoms with Crippen LogP contribution < -0.4 is 24.8 Å². The molecule has 0 aromatic heterocycles. The van der Waals surface area contributed by atoms with E-state index in [4.69, 9.17) is 25.8 Å². The van der Waals surface area contributed by atoms with Crippen LogP contribution >= 0.6 is 11.6 Å². The van der Waals surface area contributed by atoms with Gasteiger partial charge in [0.25, 0.3) is 5.91 Å². The summed E-state index contributed by atoms with van der Waals surface area (Å²) in [5.41, 5.74) is 3.03. The highest BCUT2D eigenvalue weighted by Crippen LogP contribution is 2.38. The minimum Gasteiger partial charge on any atom is -0.495 e. The Morgan fingerprint density at radius 2 is 1.85 bits per heavy atom. The minimum atomic E-state index is -0.712. The molecule has 0 atom stereocenters. The lowest BCUT2D eigenvalue weighted by Gasteiger charge is -2.15. The largest absolute Gasteiger partial charge is 0.495 e. The Labute approximate surface area is 231 Å². The molecule has 0 bridgehead atoms. The van der Waals surface area contributed by atoms with E-state index in [-0.39, 0.29) is 10.7 Å². The van der Waals surface area contributed by atoms with Crippen LogP contribution in [0.5, 0.6) is 17.2 Å². The van der Waals surface area contributed by atoms with E-state index in [1.165, 1.54) is 13.2 Å². The summed E-state index contributed by atoms with van der Waals surface area (Å²) in [5, 5.41) is 5.44. The van der Waals surface area contributed by atoms with Crippen molar-refractivity contribution in [3.63, 3.8) is 0 Å². The quantitative estimate of drug-likeness (QED) is 0.267. The number of aryl methyl sites for hydroxylation is 1. The third-order valence-corrected chi connectivity index (χ3v) is 6.03. The molecule has 10 heteroatoms. The summed E-state index contributed by atoms with van der Waals surface area (Å²) < 4.78 is 16.9. The number of rotatable bonds is 10. The lowest BCUT2D eigenvalue weighted by molar-refractivity contribution is -0.127. The summed E-state index contributed by atoms with van der Waals surface area (Å²) in [6.45, 7) is 4.01. The maximum atomic E-state index is 13.0. The second-order valence-electron chi connectivity index (χ2n) is 8.67. The van der Waals surface area contributed by atoms with Crippen LogP contribution in [0.4, 0.5) is 10.5 Å². The van der Waals surface area contributed by atoms with Crippen molar-refractivity contribution < 1.29 is 28.6 Å². The Hall–Kier alpha value is -4.50. The van der Waals surface area contributed by atoms with Gasteiger partial charge in [-0.15, -0.1) is 0 Å². The SMILES string of the molecule is CCOc1cc(/C=C2/NC(=O)N(CC(=O)Nc3ccccc3OC)C2=O)cc(Cl)c1OCc1cccc(C)c1. The van der Waals surface area contributed by atoms with Crippen molar-refractivity contribution in [3.05, 3.63) is 88.1 Å². The van der Waals surface area contributed by atoms with Gasteiger partial charge in [0.15, 0.2) is 11.5 Å². The topological polar surface area (TPSA) is 106 Å². The monoisotopic (exact) mass is 549 g/mol. The summed E-state index contributed by atoms with van der Waals surface area (Å²) in [6.07, 6.45) is 1.47. The molecule has 1 heterocycles. The van der Waals surface area contributed by atoms with Crippen molar-refractivity contribution in [1.82, 2.24) is 10.2 Å². The number of urea groups is 1. The lowest BCUT2D eigenvalue weighted by atomic mass is 10.1. The van der Waals surface area contributed by atoms with Crippen LogP contribution in [0.25, 0.3) is 6.08 Å². The molecule has 1 saturated heterocycles. The van der Waals surface area contributed by atoms with Gasteiger partial charge in [-0.3, -0.25) is 9.59 Å². The zero-order valence-electron chi connectivity index (χ0n) is 21.7. The molecule has 4 rings (SSSR count). The lowest BCUT2D eigenvalue weighted by Crippen LogP contribution is -2.38. The molecule has 3 aromatic rings. The van der Waals surface area contributed by atoms with Crippen LogP contribution in [-0.4, -0.2) is 43.0 Å². The van der Waals surface area contributed by atoms with Crippen molar-refractivity contribution in [1.29, 1.82) is 0 Å². The highest BCUT2D eigenvalue weighted by atomic mass is 35.5. The van der Waals surface area contributed by atoms with Crippen molar-refractivity contribution in [2.24, 2.45) is 0 Å². The van der Waals surface area contributed by atoms with Crippen LogP contribution in [-0.2, 0) is 16.2 Å². The average Bonchev–Trinajstić information content (AvgIpc) is 3.16. The number of carbonyl (C=O) groups is 3. The summed E-state index contributed by atoms with van der Waals surface area (Å²) in [6, 6.07) is 17.3. The molecule has 202 valence electrons. The van der Waals surface area contributed by atoms with Gasteiger partial charge in [-0.25, -0.2) is 9.69 Å². The molecular weight excluding hydrogens is 522 g/mol. The molecule has 3 aromatic carbocycles. The third-order valence-electron chi connectivity index (χ3n) is 5.75. The fraction of sp³-hybridized carbons (Fsp3) is 0.207. The number of nitrogens with one attached hydrogen (secondary N) is 2. The molecule has 1 aliphatic heterocycles. The number of methoxy groups -OCH3 is 1. The molecule has 0 saturated carbocycles. The number of amides is 4. The summed E-state index contributed by atoms with van der Waals surface area (Å²) >= 11 is 6.54. The molecule has 0 unspecified atom stereocenters. The Morgan fingerprint density at radius 1 is 1.05 bits per heavy atom. The van der Waals surface area contributed by atoms with Gasteiger partial charge in [0.05, 0.1) is 24.4 Å². The van der Waals surface area contributed by atoms with Crippen LogP contribution in [0.1, 0.15) is 23.6 Å². The highest BCUT2D eigenvalue weighted by molar-refractivity contribution is 6.32.